The molecule has 1 saturated carbocycles. The minimum Gasteiger partial charge on any atom is -0.300 e. The van der Waals surface area contributed by atoms with Crippen molar-refractivity contribution in [1.82, 2.24) is 4.90 Å². The lowest BCUT2D eigenvalue weighted by atomic mass is 10.2. The Labute approximate surface area is 55.8 Å². The van der Waals surface area contributed by atoms with Crippen LogP contribution in [0.25, 0.3) is 0 Å². The van der Waals surface area contributed by atoms with Gasteiger partial charge in [0.2, 0.25) is 0 Å². The second kappa shape index (κ2) is 2.48. The van der Waals surface area contributed by atoms with E-state index in [1.54, 1.807) is 0 Å². The van der Waals surface area contributed by atoms with Crippen LogP contribution in [0.15, 0.2) is 0 Å². The molecular formula is C7H13NO. The zero-order valence-corrected chi connectivity index (χ0v) is 6.05. The Balaban J connectivity index is 2.49. The molecule has 0 aromatic carbocycles. The molecule has 1 aliphatic carbocycles. The number of ketones is 1. The highest BCUT2D eigenvalue weighted by atomic mass is 16.1. The van der Waals surface area contributed by atoms with Crippen LogP contribution in [0, 0.1) is 0 Å². The minimum atomic E-state index is 0.227. The number of carbonyl (C=O) groups is 1. The van der Waals surface area contributed by atoms with Gasteiger partial charge in [-0.2, -0.15) is 0 Å². The summed E-state index contributed by atoms with van der Waals surface area (Å²) in [6.45, 7) is 0. The average molecular weight is 127 g/mol. The third-order valence-corrected chi connectivity index (χ3v) is 1.90. The summed E-state index contributed by atoms with van der Waals surface area (Å²) >= 11 is 0. The molecular weight excluding hydrogens is 114 g/mol. The van der Waals surface area contributed by atoms with Gasteiger partial charge in [-0.15, -0.1) is 0 Å². The summed E-state index contributed by atoms with van der Waals surface area (Å²) in [7, 11) is 3.93. The monoisotopic (exact) mass is 127 g/mol. The Bertz CT molecular complexity index is 120. The van der Waals surface area contributed by atoms with E-state index >= 15 is 0 Å². The second-order valence-electron chi connectivity index (χ2n) is 2.84. The van der Waals surface area contributed by atoms with Crippen LogP contribution in [0.4, 0.5) is 0 Å². The van der Waals surface area contributed by atoms with Crippen LogP contribution in [0.2, 0.25) is 0 Å². The molecule has 1 rings (SSSR count). The first-order valence-electron chi connectivity index (χ1n) is 3.41. The molecule has 2 heteroatoms. The molecule has 0 N–H and O–H groups in total. The number of nitrogens with zero attached hydrogens (tertiary/aromatic N) is 1. The summed E-state index contributed by atoms with van der Waals surface area (Å²) in [5, 5.41) is 0. The third-order valence-electron chi connectivity index (χ3n) is 1.90. The van der Waals surface area contributed by atoms with Crippen LogP contribution in [0.5, 0.6) is 0 Å². The van der Waals surface area contributed by atoms with E-state index in [0.29, 0.717) is 5.78 Å². The number of likely N-dealkylation sites (N-methyl/N-ethyl adjacent to an activating group) is 1. The molecule has 1 atom stereocenters. The molecule has 0 saturated heterocycles. The zero-order valence-electron chi connectivity index (χ0n) is 6.05. The lowest BCUT2D eigenvalue weighted by molar-refractivity contribution is -0.121. The maximum Gasteiger partial charge on any atom is 0.149 e. The van der Waals surface area contributed by atoms with Gasteiger partial charge in [-0.3, -0.25) is 9.69 Å². The Morgan fingerprint density at radius 3 is 2.44 bits per heavy atom. The highest BCUT2D eigenvalue weighted by molar-refractivity contribution is 5.85. The first-order valence-corrected chi connectivity index (χ1v) is 3.41. The van der Waals surface area contributed by atoms with Gasteiger partial charge in [-0.25, -0.2) is 0 Å². The highest BCUT2D eigenvalue weighted by Gasteiger charge is 2.25. The summed E-state index contributed by atoms with van der Waals surface area (Å²) in [4.78, 5) is 13.0. The number of hydrogen-bond acceptors (Lipinski definition) is 2. The minimum absolute atomic E-state index is 0.227. The van der Waals surface area contributed by atoms with E-state index in [-0.39, 0.29) is 6.04 Å². The average Bonchev–Trinajstić information content (AvgIpc) is 2.13. The predicted octanol–water partition coefficient (Wildman–Crippen LogP) is 0.670. The first kappa shape index (κ1) is 6.75. The van der Waals surface area contributed by atoms with E-state index in [1.165, 1.54) is 0 Å². The van der Waals surface area contributed by atoms with Crippen LogP contribution in [-0.2, 0) is 4.79 Å². The van der Waals surface area contributed by atoms with Crippen molar-refractivity contribution >= 4 is 5.78 Å². The fourth-order valence-corrected chi connectivity index (χ4v) is 1.34. The number of Topliss-reactive ketones (excluding diaryl/α,β-unsaturated/α-hetero) is 1. The normalized spacial score (nSPS) is 27.9. The Morgan fingerprint density at radius 2 is 2.22 bits per heavy atom. The van der Waals surface area contributed by atoms with Crippen molar-refractivity contribution in [3.63, 3.8) is 0 Å². The molecule has 0 amide bonds. The van der Waals surface area contributed by atoms with Gasteiger partial charge in [-0.05, 0) is 26.9 Å². The van der Waals surface area contributed by atoms with Gasteiger partial charge in [0, 0.05) is 6.42 Å². The van der Waals surface area contributed by atoms with Gasteiger partial charge in [0.25, 0.3) is 0 Å². The molecule has 0 aromatic heterocycles. The Hall–Kier alpha value is -0.370. The fourth-order valence-electron chi connectivity index (χ4n) is 1.34. The van der Waals surface area contributed by atoms with Crippen molar-refractivity contribution in [2.24, 2.45) is 0 Å². The van der Waals surface area contributed by atoms with Gasteiger partial charge in [0.05, 0.1) is 6.04 Å². The number of hydrogen-bond donors (Lipinski definition) is 0. The maximum atomic E-state index is 11.0. The van der Waals surface area contributed by atoms with E-state index in [9.17, 15) is 4.79 Å². The molecule has 0 bridgehead atoms. The third kappa shape index (κ3) is 1.30. The lowest BCUT2D eigenvalue weighted by Crippen LogP contribution is -2.31. The molecule has 0 spiro atoms. The molecule has 1 aliphatic rings. The molecule has 0 aromatic rings. The maximum absolute atomic E-state index is 11.0. The summed E-state index contributed by atoms with van der Waals surface area (Å²) < 4.78 is 0. The standard InChI is InChI=1S/C7H13NO/c1-8(2)6-4-3-5-7(6)9/h6H,3-5H2,1-2H3/t6-/m1/s1. The van der Waals surface area contributed by atoms with Crippen LogP contribution in [0.1, 0.15) is 19.3 Å². The molecule has 0 radical (unpaired) electrons. The van der Waals surface area contributed by atoms with Gasteiger partial charge in [-0.1, -0.05) is 0 Å². The van der Waals surface area contributed by atoms with E-state index in [1.807, 2.05) is 19.0 Å². The van der Waals surface area contributed by atoms with Crippen molar-refractivity contribution in [2.45, 2.75) is 25.3 Å². The van der Waals surface area contributed by atoms with E-state index in [4.69, 9.17) is 0 Å². The van der Waals surface area contributed by atoms with Gasteiger partial charge < -0.3 is 0 Å². The molecule has 52 valence electrons. The summed E-state index contributed by atoms with van der Waals surface area (Å²) in [5.41, 5.74) is 0. The summed E-state index contributed by atoms with van der Waals surface area (Å²) in [6, 6.07) is 0.227. The molecule has 0 aliphatic heterocycles. The fraction of sp³-hybridized carbons (Fsp3) is 0.857. The zero-order chi connectivity index (χ0) is 6.85. The first-order chi connectivity index (χ1) is 4.22. The van der Waals surface area contributed by atoms with Crippen LogP contribution in [0.3, 0.4) is 0 Å². The van der Waals surface area contributed by atoms with Crippen LogP contribution >= 0.6 is 0 Å². The lowest BCUT2D eigenvalue weighted by Gasteiger charge is -2.15. The molecule has 0 unspecified atom stereocenters. The Kier molecular flexibility index (Phi) is 1.86. The highest BCUT2D eigenvalue weighted by Crippen LogP contribution is 2.17. The van der Waals surface area contributed by atoms with Crippen molar-refractivity contribution < 1.29 is 4.79 Å². The van der Waals surface area contributed by atoms with Crippen molar-refractivity contribution in [3.05, 3.63) is 0 Å². The van der Waals surface area contributed by atoms with Gasteiger partial charge in [0.1, 0.15) is 5.78 Å². The van der Waals surface area contributed by atoms with Crippen LogP contribution < -0.4 is 0 Å². The molecule has 1 fully saturated rings. The molecule has 0 heterocycles. The largest absolute Gasteiger partial charge is 0.300 e. The van der Waals surface area contributed by atoms with Crippen molar-refractivity contribution in [1.29, 1.82) is 0 Å². The smallest absolute Gasteiger partial charge is 0.149 e. The summed E-state index contributed by atoms with van der Waals surface area (Å²) in [5.74, 6) is 0.417. The second-order valence-corrected chi connectivity index (χ2v) is 2.84. The molecule has 9 heavy (non-hydrogen) atoms. The quantitative estimate of drug-likeness (QED) is 0.516. The van der Waals surface area contributed by atoms with Gasteiger partial charge >= 0.3 is 0 Å². The van der Waals surface area contributed by atoms with Crippen molar-refractivity contribution in [2.75, 3.05) is 14.1 Å². The summed E-state index contributed by atoms with van der Waals surface area (Å²) in [6.07, 6.45) is 2.94. The SMILES string of the molecule is CN(C)[C@@H]1CCCC1=O. The number of carbonyl (C=O) groups excluding carboxylic acids is 1. The van der Waals surface area contributed by atoms with Crippen LogP contribution in [-0.4, -0.2) is 30.8 Å². The molecule has 2 nitrogen and oxygen atoms in total. The number of rotatable bonds is 1. The Morgan fingerprint density at radius 1 is 1.56 bits per heavy atom. The predicted molar refractivity (Wildman–Crippen MR) is 36.3 cm³/mol. The van der Waals surface area contributed by atoms with Gasteiger partial charge in [0.15, 0.2) is 0 Å². The van der Waals surface area contributed by atoms with E-state index in [2.05, 4.69) is 0 Å². The van der Waals surface area contributed by atoms with E-state index in [0.717, 1.165) is 19.3 Å². The topological polar surface area (TPSA) is 20.3 Å². The van der Waals surface area contributed by atoms with Crippen molar-refractivity contribution in [3.8, 4) is 0 Å². The van der Waals surface area contributed by atoms with E-state index < -0.39 is 0 Å².